The highest BCUT2D eigenvalue weighted by atomic mass is 32.2. The molecule has 0 heterocycles. The number of benzene rings is 1. The number of hydrogen-bond donors (Lipinski definition) is 3. The van der Waals surface area contributed by atoms with Gasteiger partial charge < -0.3 is 15.7 Å². The molecule has 0 saturated heterocycles. The predicted octanol–water partition coefficient (Wildman–Crippen LogP) is 0.917. The summed E-state index contributed by atoms with van der Waals surface area (Å²) in [6, 6.07) is 4.92. The number of aliphatic hydroxyl groups excluding tert-OH is 1. The van der Waals surface area contributed by atoms with Crippen molar-refractivity contribution in [3.63, 3.8) is 0 Å². The van der Waals surface area contributed by atoms with E-state index in [0.29, 0.717) is 0 Å². The van der Waals surface area contributed by atoms with E-state index in [-0.39, 0.29) is 22.7 Å². The second-order valence-electron chi connectivity index (χ2n) is 5.46. The molecule has 2 atom stereocenters. The summed E-state index contributed by atoms with van der Waals surface area (Å²) in [7, 11) is -0.292. The zero-order chi connectivity index (χ0) is 15.6. The Morgan fingerprint density at radius 2 is 2.00 bits per heavy atom. The van der Waals surface area contributed by atoms with Crippen LogP contribution in [-0.4, -0.2) is 39.8 Å². The number of likely N-dealkylation sites (N-methyl/N-ethyl adjacent to an activating group) is 1. The van der Waals surface area contributed by atoms with Gasteiger partial charge in [-0.05, 0) is 38.1 Å². The smallest absolute Gasteiger partial charge is 0.242 e. The van der Waals surface area contributed by atoms with Crippen molar-refractivity contribution >= 4 is 21.4 Å². The molecule has 1 fully saturated rings. The molecule has 0 aromatic heterocycles. The van der Waals surface area contributed by atoms with E-state index in [9.17, 15) is 13.5 Å². The van der Waals surface area contributed by atoms with Crippen LogP contribution in [0.2, 0.25) is 0 Å². The van der Waals surface area contributed by atoms with E-state index in [2.05, 4.69) is 4.72 Å². The fourth-order valence-corrected chi connectivity index (χ4v) is 3.68. The highest BCUT2D eigenvalue weighted by Gasteiger charge is 2.27. The molecule has 2 unspecified atom stereocenters. The molecular weight excluding hydrogens is 290 g/mol. The molecule has 118 valence electrons. The second-order valence-corrected chi connectivity index (χ2v) is 7.31. The summed E-state index contributed by atoms with van der Waals surface area (Å²) in [5.74, 6) is 0. The fourth-order valence-electron chi connectivity index (χ4n) is 2.84. The summed E-state index contributed by atoms with van der Waals surface area (Å²) in [5.41, 5.74) is 6.90. The highest BCUT2D eigenvalue weighted by molar-refractivity contribution is 7.89. The van der Waals surface area contributed by atoms with Crippen LogP contribution in [0.25, 0.3) is 0 Å². The van der Waals surface area contributed by atoms with E-state index < -0.39 is 10.0 Å². The third-order valence-electron chi connectivity index (χ3n) is 4.15. The van der Waals surface area contributed by atoms with E-state index >= 15 is 0 Å². The molecule has 21 heavy (non-hydrogen) atoms. The third-order valence-corrected chi connectivity index (χ3v) is 5.64. The Bertz CT molecular complexity index is 603. The van der Waals surface area contributed by atoms with Gasteiger partial charge in [-0.3, -0.25) is 0 Å². The zero-order valence-electron chi connectivity index (χ0n) is 12.4. The molecule has 0 spiro atoms. The minimum absolute atomic E-state index is 0.0462. The van der Waals surface area contributed by atoms with Gasteiger partial charge in [0.05, 0.1) is 17.8 Å². The van der Waals surface area contributed by atoms with E-state index in [1.807, 2.05) is 11.9 Å². The number of sulfonamides is 1. The van der Waals surface area contributed by atoms with Gasteiger partial charge in [0, 0.05) is 12.7 Å². The van der Waals surface area contributed by atoms with Crippen molar-refractivity contribution in [2.45, 2.75) is 42.7 Å². The monoisotopic (exact) mass is 313 g/mol. The molecule has 1 aromatic carbocycles. The molecule has 0 aliphatic heterocycles. The van der Waals surface area contributed by atoms with E-state index in [4.69, 9.17) is 5.73 Å². The molecule has 1 aliphatic carbocycles. The normalized spacial score (nSPS) is 23.0. The summed E-state index contributed by atoms with van der Waals surface area (Å²) in [6.45, 7) is 0. The van der Waals surface area contributed by atoms with Crippen molar-refractivity contribution in [3.8, 4) is 0 Å². The maximum atomic E-state index is 11.8. The summed E-state index contributed by atoms with van der Waals surface area (Å²) >= 11 is 0. The van der Waals surface area contributed by atoms with Gasteiger partial charge in [-0.25, -0.2) is 13.1 Å². The van der Waals surface area contributed by atoms with Gasteiger partial charge in [-0.2, -0.15) is 0 Å². The number of hydrogen-bond acceptors (Lipinski definition) is 5. The Morgan fingerprint density at radius 3 is 2.57 bits per heavy atom. The Morgan fingerprint density at radius 1 is 1.33 bits per heavy atom. The minimum Gasteiger partial charge on any atom is -0.398 e. The highest BCUT2D eigenvalue weighted by Crippen LogP contribution is 2.29. The Hall–Kier alpha value is -1.31. The number of anilines is 2. The van der Waals surface area contributed by atoms with Crippen LogP contribution in [0.3, 0.4) is 0 Å². The Balaban J connectivity index is 2.27. The molecule has 7 heteroatoms. The molecule has 1 aromatic rings. The SMILES string of the molecule is CNS(=O)(=O)c1ccc(N(C)C2CCCCC2O)cc1N. The first-order chi connectivity index (χ1) is 9.86. The molecule has 0 amide bonds. The topological polar surface area (TPSA) is 95.7 Å². The van der Waals surface area contributed by atoms with Crippen molar-refractivity contribution in [1.82, 2.24) is 4.72 Å². The molecular formula is C14H23N3O3S. The summed E-state index contributed by atoms with van der Waals surface area (Å²) in [4.78, 5) is 2.06. The lowest BCUT2D eigenvalue weighted by molar-refractivity contribution is 0.106. The van der Waals surface area contributed by atoms with Crippen molar-refractivity contribution in [2.24, 2.45) is 0 Å². The van der Waals surface area contributed by atoms with Crippen LogP contribution in [0.1, 0.15) is 25.7 Å². The van der Waals surface area contributed by atoms with Gasteiger partial charge in [0.25, 0.3) is 0 Å². The number of aliphatic hydroxyl groups is 1. The standard InChI is InChI=1S/C14H23N3O3S/c1-16-21(19,20)14-8-7-10(9-11(14)15)17(2)12-5-3-4-6-13(12)18/h7-9,12-13,16,18H,3-6,15H2,1-2H3. The lowest BCUT2D eigenvalue weighted by Gasteiger charge is -2.36. The second kappa shape index (κ2) is 6.21. The first kappa shape index (κ1) is 16.1. The minimum atomic E-state index is -3.55. The summed E-state index contributed by atoms with van der Waals surface area (Å²) in [6.07, 6.45) is 3.51. The van der Waals surface area contributed by atoms with Crippen molar-refractivity contribution in [3.05, 3.63) is 18.2 Å². The van der Waals surface area contributed by atoms with Gasteiger partial charge in [0.2, 0.25) is 10.0 Å². The van der Waals surface area contributed by atoms with Crippen LogP contribution in [0.15, 0.2) is 23.1 Å². The lowest BCUT2D eigenvalue weighted by atomic mass is 9.91. The zero-order valence-corrected chi connectivity index (χ0v) is 13.2. The number of nitrogens with two attached hydrogens (primary N) is 1. The maximum Gasteiger partial charge on any atom is 0.242 e. The lowest BCUT2D eigenvalue weighted by Crippen LogP contribution is -2.43. The molecule has 6 nitrogen and oxygen atoms in total. The van der Waals surface area contributed by atoms with Gasteiger partial charge in [0.1, 0.15) is 4.90 Å². The first-order valence-corrected chi connectivity index (χ1v) is 8.59. The van der Waals surface area contributed by atoms with Crippen LogP contribution in [0.5, 0.6) is 0 Å². The van der Waals surface area contributed by atoms with Crippen LogP contribution in [0.4, 0.5) is 11.4 Å². The van der Waals surface area contributed by atoms with Gasteiger partial charge in [-0.15, -0.1) is 0 Å². The van der Waals surface area contributed by atoms with Crippen LogP contribution < -0.4 is 15.4 Å². The Labute approximate surface area is 126 Å². The van der Waals surface area contributed by atoms with Gasteiger partial charge in [-0.1, -0.05) is 12.8 Å². The quantitative estimate of drug-likeness (QED) is 0.718. The largest absolute Gasteiger partial charge is 0.398 e. The van der Waals surface area contributed by atoms with Crippen LogP contribution >= 0.6 is 0 Å². The van der Waals surface area contributed by atoms with Crippen molar-refractivity contribution in [2.75, 3.05) is 24.7 Å². The maximum absolute atomic E-state index is 11.8. The summed E-state index contributed by atoms with van der Waals surface area (Å²) < 4.78 is 25.9. The average molecular weight is 313 g/mol. The number of nitrogen functional groups attached to an aromatic ring is 1. The Kier molecular flexibility index (Phi) is 4.75. The predicted molar refractivity (Wildman–Crippen MR) is 83.8 cm³/mol. The average Bonchev–Trinajstić information content (AvgIpc) is 2.46. The molecule has 0 radical (unpaired) electrons. The summed E-state index contributed by atoms with van der Waals surface area (Å²) in [5, 5.41) is 10.1. The number of rotatable bonds is 4. The number of nitrogens with one attached hydrogen (secondary N) is 1. The molecule has 2 rings (SSSR count). The third kappa shape index (κ3) is 3.30. The van der Waals surface area contributed by atoms with Gasteiger partial charge in [0.15, 0.2) is 0 Å². The van der Waals surface area contributed by atoms with E-state index in [1.54, 1.807) is 12.1 Å². The van der Waals surface area contributed by atoms with Crippen molar-refractivity contribution < 1.29 is 13.5 Å². The molecule has 4 N–H and O–H groups in total. The van der Waals surface area contributed by atoms with E-state index in [1.165, 1.54) is 13.1 Å². The molecule has 1 saturated carbocycles. The van der Waals surface area contributed by atoms with Crippen LogP contribution in [-0.2, 0) is 10.0 Å². The van der Waals surface area contributed by atoms with Crippen LogP contribution in [0, 0.1) is 0 Å². The first-order valence-electron chi connectivity index (χ1n) is 7.11. The molecule has 0 bridgehead atoms. The van der Waals surface area contributed by atoms with E-state index in [0.717, 1.165) is 31.4 Å². The molecule has 1 aliphatic rings. The fraction of sp³-hybridized carbons (Fsp3) is 0.571. The number of nitrogens with zero attached hydrogens (tertiary/aromatic N) is 1. The van der Waals surface area contributed by atoms with Crippen molar-refractivity contribution in [1.29, 1.82) is 0 Å². The van der Waals surface area contributed by atoms with Gasteiger partial charge >= 0.3 is 0 Å².